The molecule has 0 spiro atoms. The second kappa shape index (κ2) is 4.53. The quantitative estimate of drug-likeness (QED) is 0.861. The molecule has 1 atom stereocenters. The van der Waals surface area contributed by atoms with Gasteiger partial charge in [0.25, 0.3) is 5.89 Å². The molecule has 6 nitrogen and oxygen atoms in total. The van der Waals surface area contributed by atoms with Crippen molar-refractivity contribution in [2.75, 3.05) is 0 Å². The number of aliphatic hydroxyl groups is 1. The zero-order chi connectivity index (χ0) is 13.3. The van der Waals surface area contributed by atoms with Crippen molar-refractivity contribution in [2.45, 2.75) is 13.0 Å². The molecule has 2 N–H and O–H groups in total. The molecule has 2 rings (SSSR count). The Kier molecular flexibility index (Phi) is 3.07. The first-order valence-corrected chi connectivity index (χ1v) is 5.04. The Bertz CT molecular complexity index is 594. The summed E-state index contributed by atoms with van der Waals surface area (Å²) in [4.78, 5) is 14.5. The molecule has 94 valence electrons. The van der Waals surface area contributed by atoms with Crippen LogP contribution < -0.4 is 0 Å². The van der Waals surface area contributed by atoms with E-state index in [0.29, 0.717) is 0 Å². The predicted octanol–water partition coefficient (Wildman–Crippen LogP) is 1.63. The molecule has 0 aliphatic carbocycles. The molecule has 0 radical (unpaired) electrons. The molecule has 0 aliphatic heterocycles. The van der Waals surface area contributed by atoms with Crippen LogP contribution in [0.5, 0.6) is 0 Å². The van der Waals surface area contributed by atoms with Crippen LogP contribution in [0.1, 0.15) is 29.3 Å². The van der Waals surface area contributed by atoms with E-state index in [9.17, 15) is 14.3 Å². The number of carboxylic acid groups (broad SMARTS) is 1. The van der Waals surface area contributed by atoms with Crippen molar-refractivity contribution < 1.29 is 23.9 Å². The smallest absolute Gasteiger partial charge is 0.338 e. The molecule has 0 saturated carbocycles. The van der Waals surface area contributed by atoms with Gasteiger partial charge in [-0.2, -0.15) is 4.98 Å². The minimum atomic E-state index is -1.35. The van der Waals surface area contributed by atoms with Gasteiger partial charge in [0, 0.05) is 5.56 Å². The average molecular weight is 252 g/mol. The Balaban J connectivity index is 2.39. The highest BCUT2D eigenvalue weighted by molar-refractivity contribution is 5.88. The number of hydrogen-bond donors (Lipinski definition) is 2. The zero-order valence-corrected chi connectivity index (χ0v) is 9.29. The third kappa shape index (κ3) is 2.21. The molecule has 0 amide bonds. The number of halogens is 1. The average Bonchev–Trinajstić information content (AvgIpc) is 2.77. The van der Waals surface area contributed by atoms with E-state index in [-0.39, 0.29) is 17.3 Å². The highest BCUT2D eigenvalue weighted by Gasteiger charge is 2.16. The van der Waals surface area contributed by atoms with Crippen molar-refractivity contribution in [1.29, 1.82) is 0 Å². The first kappa shape index (κ1) is 12.2. The third-order valence-electron chi connectivity index (χ3n) is 2.26. The number of carboxylic acids is 1. The van der Waals surface area contributed by atoms with Crippen LogP contribution in [0.3, 0.4) is 0 Å². The fraction of sp³-hybridized carbons (Fsp3) is 0.182. The highest BCUT2D eigenvalue weighted by Crippen LogP contribution is 2.21. The van der Waals surface area contributed by atoms with Gasteiger partial charge in [0.1, 0.15) is 11.9 Å². The van der Waals surface area contributed by atoms with Gasteiger partial charge in [-0.25, -0.2) is 9.18 Å². The molecule has 0 bridgehead atoms. The molecule has 7 heteroatoms. The van der Waals surface area contributed by atoms with Gasteiger partial charge in [0.2, 0.25) is 5.82 Å². The first-order valence-electron chi connectivity index (χ1n) is 5.04. The Labute approximate surface area is 101 Å². The summed E-state index contributed by atoms with van der Waals surface area (Å²) in [7, 11) is 0. The van der Waals surface area contributed by atoms with E-state index in [2.05, 4.69) is 10.1 Å². The van der Waals surface area contributed by atoms with E-state index in [1.165, 1.54) is 13.0 Å². The summed E-state index contributed by atoms with van der Waals surface area (Å²) in [6.45, 7) is 1.45. The van der Waals surface area contributed by atoms with E-state index in [1.54, 1.807) is 0 Å². The van der Waals surface area contributed by atoms with Gasteiger partial charge in [0.05, 0.1) is 5.56 Å². The maximum atomic E-state index is 13.4. The number of aromatic carboxylic acids is 1. The summed E-state index contributed by atoms with van der Waals surface area (Å²) in [5, 5.41) is 21.5. The number of hydrogen-bond acceptors (Lipinski definition) is 5. The van der Waals surface area contributed by atoms with Crippen molar-refractivity contribution >= 4 is 5.97 Å². The Morgan fingerprint density at radius 3 is 2.72 bits per heavy atom. The molecule has 0 fully saturated rings. The van der Waals surface area contributed by atoms with Crippen LogP contribution in [0, 0.1) is 5.82 Å². The molecule has 1 aromatic carbocycles. The fourth-order valence-electron chi connectivity index (χ4n) is 1.35. The number of carbonyl (C=O) groups is 1. The van der Waals surface area contributed by atoms with Gasteiger partial charge < -0.3 is 14.7 Å². The van der Waals surface area contributed by atoms with Crippen LogP contribution >= 0.6 is 0 Å². The summed E-state index contributed by atoms with van der Waals surface area (Å²) < 4.78 is 18.2. The minimum Gasteiger partial charge on any atom is -0.478 e. The summed E-state index contributed by atoms with van der Waals surface area (Å²) >= 11 is 0. The Morgan fingerprint density at radius 2 is 2.22 bits per heavy atom. The Hall–Kier alpha value is -2.28. The van der Waals surface area contributed by atoms with E-state index in [1.807, 2.05) is 0 Å². The molecule has 1 heterocycles. The van der Waals surface area contributed by atoms with Crippen molar-refractivity contribution in [1.82, 2.24) is 10.1 Å². The number of benzene rings is 1. The third-order valence-corrected chi connectivity index (χ3v) is 2.26. The van der Waals surface area contributed by atoms with E-state index in [4.69, 9.17) is 9.63 Å². The van der Waals surface area contributed by atoms with E-state index >= 15 is 0 Å². The van der Waals surface area contributed by atoms with Crippen LogP contribution in [0.2, 0.25) is 0 Å². The summed E-state index contributed by atoms with van der Waals surface area (Å²) in [5.41, 5.74) is -0.161. The summed E-state index contributed by atoms with van der Waals surface area (Å²) in [6.07, 6.45) is -0.922. The van der Waals surface area contributed by atoms with Gasteiger partial charge in [-0.1, -0.05) is 5.16 Å². The predicted molar refractivity (Wildman–Crippen MR) is 57.3 cm³/mol. The second-order valence-electron chi connectivity index (χ2n) is 3.63. The molecule has 0 saturated heterocycles. The fourth-order valence-corrected chi connectivity index (χ4v) is 1.35. The normalized spacial score (nSPS) is 12.4. The van der Waals surface area contributed by atoms with Crippen molar-refractivity contribution in [3.8, 4) is 11.4 Å². The molecule has 18 heavy (non-hydrogen) atoms. The molecule has 2 aromatic rings. The maximum Gasteiger partial charge on any atom is 0.338 e. The molecular weight excluding hydrogens is 243 g/mol. The largest absolute Gasteiger partial charge is 0.478 e. The van der Waals surface area contributed by atoms with Gasteiger partial charge in [-0.15, -0.1) is 0 Å². The van der Waals surface area contributed by atoms with E-state index < -0.39 is 23.5 Å². The monoisotopic (exact) mass is 252 g/mol. The maximum absolute atomic E-state index is 13.4. The lowest BCUT2D eigenvalue weighted by Gasteiger charge is -1.99. The van der Waals surface area contributed by atoms with Crippen molar-refractivity contribution in [3.05, 3.63) is 35.5 Å². The first-order chi connectivity index (χ1) is 8.49. The number of rotatable bonds is 3. The highest BCUT2D eigenvalue weighted by atomic mass is 19.1. The standard InChI is InChI=1S/C11H9FN2O4/c1-5(15)10-13-9(14-18-10)6-2-3-7(11(16)17)8(12)4-6/h2-5,15H,1H3,(H,16,17)/t5-/m0/s1. The van der Waals surface area contributed by atoms with Gasteiger partial charge in [-0.05, 0) is 25.1 Å². The lowest BCUT2D eigenvalue weighted by Crippen LogP contribution is -2.00. The van der Waals surface area contributed by atoms with Crippen LogP contribution in [0.4, 0.5) is 4.39 Å². The molecule has 0 aliphatic rings. The minimum absolute atomic E-state index is 0.00715. The van der Waals surface area contributed by atoms with Crippen molar-refractivity contribution in [3.63, 3.8) is 0 Å². The van der Waals surface area contributed by atoms with Crippen LogP contribution in [-0.4, -0.2) is 26.3 Å². The van der Waals surface area contributed by atoms with Crippen molar-refractivity contribution in [2.24, 2.45) is 0 Å². The number of aromatic nitrogens is 2. The lowest BCUT2D eigenvalue weighted by molar-refractivity contribution is 0.0692. The molecule has 0 unspecified atom stereocenters. The van der Waals surface area contributed by atoms with Crippen LogP contribution in [-0.2, 0) is 0 Å². The van der Waals surface area contributed by atoms with Crippen LogP contribution in [0.15, 0.2) is 22.7 Å². The number of aliphatic hydroxyl groups excluding tert-OH is 1. The summed E-state index contributed by atoms with van der Waals surface area (Å²) in [6, 6.07) is 3.48. The molecule has 1 aromatic heterocycles. The summed E-state index contributed by atoms with van der Waals surface area (Å²) in [5.74, 6) is -2.14. The number of nitrogens with zero attached hydrogens (tertiary/aromatic N) is 2. The van der Waals surface area contributed by atoms with Gasteiger partial charge in [-0.3, -0.25) is 0 Å². The van der Waals surface area contributed by atoms with Gasteiger partial charge in [0.15, 0.2) is 0 Å². The zero-order valence-electron chi connectivity index (χ0n) is 9.29. The lowest BCUT2D eigenvalue weighted by atomic mass is 10.1. The second-order valence-corrected chi connectivity index (χ2v) is 3.63. The van der Waals surface area contributed by atoms with Gasteiger partial charge >= 0.3 is 5.97 Å². The van der Waals surface area contributed by atoms with Crippen LogP contribution in [0.25, 0.3) is 11.4 Å². The topological polar surface area (TPSA) is 96.5 Å². The van der Waals surface area contributed by atoms with E-state index in [0.717, 1.165) is 12.1 Å². The SMILES string of the molecule is C[C@H](O)c1nc(-c2ccc(C(=O)O)c(F)c2)no1. The molecular formula is C11H9FN2O4. The Morgan fingerprint density at radius 1 is 1.50 bits per heavy atom.